The van der Waals surface area contributed by atoms with Crippen molar-refractivity contribution in [2.75, 3.05) is 33.2 Å². The van der Waals surface area contributed by atoms with Crippen molar-refractivity contribution in [1.82, 2.24) is 15.1 Å². The fraction of sp³-hybridized carbons (Fsp3) is 0.636. The van der Waals surface area contributed by atoms with Crippen LogP contribution in [0.2, 0.25) is 0 Å². The minimum Gasteiger partial charge on any atom is -0.352 e. The maximum absolute atomic E-state index is 12.4. The first-order valence-corrected chi connectivity index (χ1v) is 10.3. The SMILES string of the molecule is Cc1ccc(CCC2CCN(CC(=O)N(C)CC(=O)NC3CC3)CC2)cc1. The van der Waals surface area contributed by atoms with E-state index in [0.717, 1.165) is 51.1 Å². The molecule has 1 aromatic carbocycles. The van der Waals surface area contributed by atoms with E-state index in [1.54, 1.807) is 11.9 Å². The maximum atomic E-state index is 12.4. The predicted molar refractivity (Wildman–Crippen MR) is 107 cm³/mol. The lowest BCUT2D eigenvalue weighted by Gasteiger charge is -2.32. The Morgan fingerprint density at radius 3 is 2.41 bits per heavy atom. The van der Waals surface area contributed by atoms with Crippen molar-refractivity contribution in [2.24, 2.45) is 5.92 Å². The van der Waals surface area contributed by atoms with E-state index in [4.69, 9.17) is 0 Å². The third-order valence-corrected chi connectivity index (χ3v) is 5.78. The number of hydrogen-bond donors (Lipinski definition) is 1. The zero-order valence-corrected chi connectivity index (χ0v) is 16.7. The molecule has 0 aromatic heterocycles. The molecule has 1 N–H and O–H groups in total. The van der Waals surface area contributed by atoms with E-state index in [1.807, 2.05) is 0 Å². The molecule has 0 atom stereocenters. The number of carbonyl (C=O) groups is 2. The fourth-order valence-electron chi connectivity index (χ4n) is 3.68. The van der Waals surface area contributed by atoms with Crippen LogP contribution in [-0.4, -0.2) is 60.9 Å². The molecule has 1 aromatic rings. The molecule has 5 nitrogen and oxygen atoms in total. The quantitative estimate of drug-likeness (QED) is 0.763. The van der Waals surface area contributed by atoms with Crippen molar-refractivity contribution in [3.05, 3.63) is 35.4 Å². The van der Waals surface area contributed by atoms with Crippen LogP contribution in [0.25, 0.3) is 0 Å². The van der Waals surface area contributed by atoms with Crippen molar-refractivity contribution in [2.45, 2.75) is 51.5 Å². The van der Waals surface area contributed by atoms with E-state index < -0.39 is 0 Å². The van der Waals surface area contributed by atoms with Crippen LogP contribution in [0.1, 0.15) is 43.2 Å². The zero-order valence-electron chi connectivity index (χ0n) is 16.7. The highest BCUT2D eigenvalue weighted by atomic mass is 16.2. The smallest absolute Gasteiger partial charge is 0.239 e. The Morgan fingerprint density at radius 1 is 1.11 bits per heavy atom. The second-order valence-electron chi connectivity index (χ2n) is 8.34. The summed E-state index contributed by atoms with van der Waals surface area (Å²) in [5.41, 5.74) is 2.73. The van der Waals surface area contributed by atoms with Crippen LogP contribution in [0.15, 0.2) is 24.3 Å². The number of rotatable bonds is 8. The van der Waals surface area contributed by atoms with Gasteiger partial charge in [0.15, 0.2) is 0 Å². The van der Waals surface area contributed by atoms with Crippen LogP contribution in [0.3, 0.4) is 0 Å². The van der Waals surface area contributed by atoms with Crippen molar-refractivity contribution in [1.29, 1.82) is 0 Å². The molecule has 2 amide bonds. The van der Waals surface area contributed by atoms with Gasteiger partial charge < -0.3 is 10.2 Å². The summed E-state index contributed by atoms with van der Waals surface area (Å²) >= 11 is 0. The van der Waals surface area contributed by atoms with Crippen LogP contribution in [0.5, 0.6) is 0 Å². The van der Waals surface area contributed by atoms with Gasteiger partial charge in [-0.2, -0.15) is 0 Å². The maximum Gasteiger partial charge on any atom is 0.239 e. The third kappa shape index (κ3) is 6.65. The standard InChI is InChI=1S/C22H33N3O2/c1-17-3-5-18(6-4-17)7-8-19-11-13-25(14-12-19)16-22(27)24(2)15-21(26)23-20-9-10-20/h3-6,19-20H,7-16H2,1-2H3,(H,23,26). The Bertz CT molecular complexity index is 631. The van der Waals surface area contributed by atoms with Gasteiger partial charge in [0, 0.05) is 13.1 Å². The average molecular weight is 372 g/mol. The Kier molecular flexibility index (Phi) is 6.89. The predicted octanol–water partition coefficient (Wildman–Crippen LogP) is 2.38. The Hall–Kier alpha value is -1.88. The number of piperidine rings is 1. The summed E-state index contributed by atoms with van der Waals surface area (Å²) in [6.45, 7) is 4.68. The summed E-state index contributed by atoms with van der Waals surface area (Å²) in [7, 11) is 1.73. The first-order valence-electron chi connectivity index (χ1n) is 10.3. The lowest BCUT2D eigenvalue weighted by molar-refractivity contribution is -0.135. The average Bonchev–Trinajstić information content (AvgIpc) is 3.46. The Morgan fingerprint density at radius 2 is 1.78 bits per heavy atom. The molecule has 2 fully saturated rings. The van der Waals surface area contributed by atoms with Crippen molar-refractivity contribution < 1.29 is 9.59 Å². The molecule has 1 saturated heterocycles. The van der Waals surface area contributed by atoms with Crippen LogP contribution in [0.4, 0.5) is 0 Å². The molecule has 1 aliphatic heterocycles. The molecule has 0 spiro atoms. The molecule has 0 bridgehead atoms. The molecular weight excluding hydrogens is 338 g/mol. The van der Waals surface area contributed by atoms with Crippen LogP contribution in [-0.2, 0) is 16.0 Å². The largest absolute Gasteiger partial charge is 0.352 e. The monoisotopic (exact) mass is 371 g/mol. The second kappa shape index (κ2) is 9.36. The van der Waals surface area contributed by atoms with Crippen LogP contribution >= 0.6 is 0 Å². The highest BCUT2D eigenvalue weighted by Gasteiger charge is 2.25. The third-order valence-electron chi connectivity index (χ3n) is 5.78. The summed E-state index contributed by atoms with van der Waals surface area (Å²) in [5, 5.41) is 2.93. The molecule has 1 aliphatic carbocycles. The highest BCUT2D eigenvalue weighted by Crippen LogP contribution is 2.22. The first-order chi connectivity index (χ1) is 13.0. The Labute approximate surface area is 163 Å². The van der Waals surface area contributed by atoms with Gasteiger partial charge in [-0.25, -0.2) is 0 Å². The number of likely N-dealkylation sites (tertiary alicyclic amines) is 1. The molecule has 5 heteroatoms. The summed E-state index contributed by atoms with van der Waals surface area (Å²) in [6, 6.07) is 9.19. The van der Waals surface area contributed by atoms with E-state index in [-0.39, 0.29) is 18.4 Å². The molecule has 1 heterocycles. The van der Waals surface area contributed by atoms with E-state index >= 15 is 0 Å². The molecule has 0 radical (unpaired) electrons. The van der Waals surface area contributed by atoms with Crippen molar-refractivity contribution >= 4 is 11.8 Å². The molecule has 1 saturated carbocycles. The first kappa shape index (κ1) is 19.9. The molecule has 27 heavy (non-hydrogen) atoms. The molecule has 148 valence electrons. The number of hydrogen-bond acceptors (Lipinski definition) is 3. The van der Waals surface area contributed by atoms with Gasteiger partial charge >= 0.3 is 0 Å². The molecule has 0 unspecified atom stereocenters. The number of likely N-dealkylation sites (N-methyl/N-ethyl adjacent to an activating group) is 1. The molecule has 2 aliphatic rings. The van der Waals surface area contributed by atoms with Gasteiger partial charge in [0.05, 0.1) is 13.1 Å². The number of benzene rings is 1. The van der Waals surface area contributed by atoms with Gasteiger partial charge in [-0.1, -0.05) is 29.8 Å². The summed E-state index contributed by atoms with van der Waals surface area (Å²) in [6.07, 6.45) is 6.83. The summed E-state index contributed by atoms with van der Waals surface area (Å²) < 4.78 is 0. The lowest BCUT2D eigenvalue weighted by Crippen LogP contribution is -2.45. The summed E-state index contributed by atoms with van der Waals surface area (Å²) in [5.74, 6) is 0.752. The molecule has 3 rings (SSSR count). The van der Waals surface area contributed by atoms with Gasteiger partial charge in [-0.05, 0) is 70.0 Å². The normalized spacial score (nSPS) is 18.3. The minimum atomic E-state index is -0.0387. The topological polar surface area (TPSA) is 52.7 Å². The Balaban J connectivity index is 1.32. The number of amides is 2. The van der Waals surface area contributed by atoms with Gasteiger partial charge in [0.1, 0.15) is 0 Å². The van der Waals surface area contributed by atoms with Gasteiger partial charge in [0.2, 0.25) is 11.8 Å². The second-order valence-corrected chi connectivity index (χ2v) is 8.34. The van der Waals surface area contributed by atoms with Gasteiger partial charge in [-0.3, -0.25) is 14.5 Å². The fourth-order valence-corrected chi connectivity index (χ4v) is 3.68. The van der Waals surface area contributed by atoms with Crippen LogP contribution < -0.4 is 5.32 Å². The van der Waals surface area contributed by atoms with E-state index in [9.17, 15) is 9.59 Å². The minimum absolute atomic E-state index is 0.0387. The van der Waals surface area contributed by atoms with Crippen LogP contribution in [0, 0.1) is 12.8 Å². The zero-order chi connectivity index (χ0) is 19.2. The van der Waals surface area contributed by atoms with Crippen molar-refractivity contribution in [3.8, 4) is 0 Å². The highest BCUT2D eigenvalue weighted by molar-refractivity contribution is 5.85. The number of aryl methyl sites for hydroxylation is 2. The van der Waals surface area contributed by atoms with E-state index in [2.05, 4.69) is 41.4 Å². The number of nitrogens with zero attached hydrogens (tertiary/aromatic N) is 2. The summed E-state index contributed by atoms with van der Waals surface area (Å²) in [4.78, 5) is 28.0. The van der Waals surface area contributed by atoms with Gasteiger partial charge in [-0.15, -0.1) is 0 Å². The lowest BCUT2D eigenvalue weighted by atomic mass is 9.90. The number of nitrogens with one attached hydrogen (secondary N) is 1. The van der Waals surface area contributed by atoms with Crippen molar-refractivity contribution in [3.63, 3.8) is 0 Å². The van der Waals surface area contributed by atoms with Gasteiger partial charge in [0.25, 0.3) is 0 Å². The van der Waals surface area contributed by atoms with E-state index in [1.165, 1.54) is 17.5 Å². The number of carbonyl (C=O) groups excluding carboxylic acids is 2. The van der Waals surface area contributed by atoms with E-state index in [0.29, 0.717) is 12.6 Å². The molecular formula is C22H33N3O2.